The minimum atomic E-state index is -0.537. The van der Waals surface area contributed by atoms with Crippen molar-refractivity contribution in [2.75, 3.05) is 18.4 Å². The Morgan fingerprint density at radius 1 is 1.27 bits per heavy atom. The van der Waals surface area contributed by atoms with Gasteiger partial charge in [0, 0.05) is 18.8 Å². The first kappa shape index (κ1) is 17.3. The van der Waals surface area contributed by atoms with Crippen molar-refractivity contribution < 1.29 is 14.3 Å². The van der Waals surface area contributed by atoms with Gasteiger partial charge >= 0.3 is 6.03 Å². The zero-order chi connectivity index (χ0) is 18.5. The number of para-hydroxylation sites is 1. The van der Waals surface area contributed by atoms with Gasteiger partial charge in [0.25, 0.3) is 5.91 Å². The van der Waals surface area contributed by atoms with E-state index in [1.807, 2.05) is 0 Å². The number of amides is 3. The minimum absolute atomic E-state index is 0.275. The monoisotopic (exact) mass is 350 g/mol. The molecule has 132 valence electrons. The second-order valence-electron chi connectivity index (χ2n) is 5.82. The van der Waals surface area contributed by atoms with E-state index in [0.717, 1.165) is 5.69 Å². The Labute approximate surface area is 151 Å². The van der Waals surface area contributed by atoms with E-state index < -0.39 is 6.04 Å². The molecular formula is C19H18N4O3. The molecule has 0 aromatic heterocycles. The molecule has 3 amide bonds. The first-order valence-corrected chi connectivity index (χ1v) is 8.21. The van der Waals surface area contributed by atoms with Crippen LogP contribution in [-0.4, -0.2) is 36.0 Å². The summed E-state index contributed by atoms with van der Waals surface area (Å²) in [6.07, 6.45) is 0. The minimum Gasteiger partial charge on any atom is -0.456 e. The summed E-state index contributed by atoms with van der Waals surface area (Å²) in [4.78, 5) is 25.1. The van der Waals surface area contributed by atoms with Crippen molar-refractivity contribution in [3.8, 4) is 17.6 Å². The van der Waals surface area contributed by atoms with E-state index in [2.05, 4.69) is 16.7 Å². The molecule has 2 N–H and O–H groups in total. The fraction of sp³-hybridized carbons (Fsp3) is 0.211. The highest BCUT2D eigenvalue weighted by atomic mass is 16.5. The predicted octanol–water partition coefficient (Wildman–Crippen LogP) is 2.70. The van der Waals surface area contributed by atoms with Crippen molar-refractivity contribution in [3.05, 3.63) is 54.1 Å². The molecule has 1 aliphatic rings. The highest BCUT2D eigenvalue weighted by Crippen LogP contribution is 2.26. The Morgan fingerprint density at radius 3 is 2.65 bits per heavy atom. The summed E-state index contributed by atoms with van der Waals surface area (Å²) in [7, 11) is 0. The van der Waals surface area contributed by atoms with Gasteiger partial charge < -0.3 is 15.4 Å². The van der Waals surface area contributed by atoms with Crippen LogP contribution in [0.15, 0.2) is 48.5 Å². The van der Waals surface area contributed by atoms with Crippen LogP contribution in [0.1, 0.15) is 12.5 Å². The van der Waals surface area contributed by atoms with Crippen LogP contribution in [0.5, 0.6) is 11.5 Å². The molecular weight excluding hydrogens is 332 g/mol. The normalized spacial score (nSPS) is 14.3. The summed E-state index contributed by atoms with van der Waals surface area (Å²) in [6, 6.07) is 15.2. The van der Waals surface area contributed by atoms with Crippen molar-refractivity contribution in [2.45, 2.75) is 13.0 Å². The van der Waals surface area contributed by atoms with Crippen molar-refractivity contribution in [3.63, 3.8) is 0 Å². The molecule has 26 heavy (non-hydrogen) atoms. The smallest absolute Gasteiger partial charge is 0.324 e. The zero-order valence-electron chi connectivity index (χ0n) is 14.2. The molecule has 1 saturated heterocycles. The third kappa shape index (κ3) is 3.75. The number of nitrogens with one attached hydrogen (secondary N) is 2. The second-order valence-corrected chi connectivity index (χ2v) is 5.82. The van der Waals surface area contributed by atoms with Crippen LogP contribution in [0.4, 0.5) is 10.5 Å². The molecule has 0 bridgehead atoms. The molecule has 2 aromatic carbocycles. The molecule has 0 saturated carbocycles. The summed E-state index contributed by atoms with van der Waals surface area (Å²) in [5, 5.41) is 14.8. The molecule has 1 aliphatic heterocycles. The number of hydrogen-bond donors (Lipinski definition) is 2. The summed E-state index contributed by atoms with van der Waals surface area (Å²) in [6.45, 7) is 2.57. The lowest BCUT2D eigenvalue weighted by Gasteiger charge is -2.19. The number of nitriles is 1. The van der Waals surface area contributed by atoms with Crippen LogP contribution < -0.4 is 15.4 Å². The van der Waals surface area contributed by atoms with Crippen molar-refractivity contribution >= 4 is 17.6 Å². The molecule has 1 atom stereocenters. The van der Waals surface area contributed by atoms with E-state index >= 15 is 0 Å². The van der Waals surface area contributed by atoms with Crippen LogP contribution >= 0.6 is 0 Å². The van der Waals surface area contributed by atoms with Gasteiger partial charge in [0.1, 0.15) is 23.6 Å². The number of imide groups is 1. The van der Waals surface area contributed by atoms with Gasteiger partial charge in [0.2, 0.25) is 0 Å². The number of carbonyl (C=O) groups excluding carboxylic acids is 2. The van der Waals surface area contributed by atoms with Gasteiger partial charge in [-0.2, -0.15) is 5.26 Å². The van der Waals surface area contributed by atoms with Crippen LogP contribution in [0, 0.1) is 11.3 Å². The van der Waals surface area contributed by atoms with Crippen LogP contribution in [-0.2, 0) is 4.79 Å². The molecule has 3 rings (SSSR count). The standard InChI is InChI=1S/C19H18N4O3/c1-13(18(24)23-11-10-21-19(23)25)22-15-6-8-16(9-7-15)26-17-5-3-2-4-14(17)12-20/h2-9,13,22H,10-11H2,1H3,(H,21,25). The van der Waals surface area contributed by atoms with Crippen LogP contribution in [0.2, 0.25) is 0 Å². The number of anilines is 1. The fourth-order valence-electron chi connectivity index (χ4n) is 2.62. The first-order chi connectivity index (χ1) is 12.6. The number of ether oxygens (including phenoxy) is 1. The first-order valence-electron chi connectivity index (χ1n) is 8.21. The van der Waals surface area contributed by atoms with Gasteiger partial charge in [-0.15, -0.1) is 0 Å². The molecule has 0 spiro atoms. The Balaban J connectivity index is 1.63. The van der Waals surface area contributed by atoms with E-state index in [0.29, 0.717) is 30.2 Å². The van der Waals surface area contributed by atoms with E-state index in [1.54, 1.807) is 55.5 Å². The van der Waals surface area contributed by atoms with Gasteiger partial charge in [-0.1, -0.05) is 12.1 Å². The Morgan fingerprint density at radius 2 is 2.00 bits per heavy atom. The fourth-order valence-corrected chi connectivity index (χ4v) is 2.62. The van der Waals surface area contributed by atoms with Crippen molar-refractivity contribution in [1.82, 2.24) is 10.2 Å². The molecule has 0 radical (unpaired) electrons. The van der Waals surface area contributed by atoms with Crippen LogP contribution in [0.3, 0.4) is 0 Å². The van der Waals surface area contributed by atoms with Gasteiger partial charge in [-0.3, -0.25) is 9.69 Å². The quantitative estimate of drug-likeness (QED) is 0.864. The number of hydrogen-bond acceptors (Lipinski definition) is 5. The van der Waals surface area contributed by atoms with Crippen molar-refractivity contribution in [1.29, 1.82) is 5.26 Å². The number of nitrogens with zero attached hydrogens (tertiary/aromatic N) is 2. The third-order valence-electron chi connectivity index (χ3n) is 3.97. The topological polar surface area (TPSA) is 94.5 Å². The number of benzene rings is 2. The third-order valence-corrected chi connectivity index (χ3v) is 3.97. The summed E-state index contributed by atoms with van der Waals surface area (Å²) in [5.74, 6) is 0.790. The lowest BCUT2D eigenvalue weighted by Crippen LogP contribution is -2.43. The zero-order valence-corrected chi connectivity index (χ0v) is 14.2. The average molecular weight is 350 g/mol. The van der Waals surface area contributed by atoms with Crippen LogP contribution in [0.25, 0.3) is 0 Å². The second kappa shape index (κ2) is 7.57. The maximum Gasteiger partial charge on any atom is 0.324 e. The maximum atomic E-state index is 12.3. The SMILES string of the molecule is CC(Nc1ccc(Oc2ccccc2C#N)cc1)C(=O)N1CCNC1=O. The van der Waals surface area contributed by atoms with Gasteiger partial charge in [-0.05, 0) is 43.3 Å². The molecule has 1 unspecified atom stereocenters. The largest absolute Gasteiger partial charge is 0.456 e. The molecule has 1 heterocycles. The van der Waals surface area contributed by atoms with E-state index in [4.69, 9.17) is 10.00 Å². The Bertz CT molecular complexity index is 858. The average Bonchev–Trinajstić information content (AvgIpc) is 3.09. The molecule has 2 aromatic rings. The van der Waals surface area contributed by atoms with Gasteiger partial charge in [0.05, 0.1) is 5.56 Å². The highest BCUT2D eigenvalue weighted by molar-refractivity contribution is 5.99. The summed E-state index contributed by atoms with van der Waals surface area (Å²) < 4.78 is 5.72. The molecule has 7 heteroatoms. The summed E-state index contributed by atoms with van der Waals surface area (Å²) >= 11 is 0. The van der Waals surface area contributed by atoms with Gasteiger partial charge in [-0.25, -0.2) is 4.79 Å². The predicted molar refractivity (Wildman–Crippen MR) is 95.9 cm³/mol. The lowest BCUT2D eigenvalue weighted by molar-refractivity contribution is -0.128. The van der Waals surface area contributed by atoms with E-state index in [9.17, 15) is 9.59 Å². The molecule has 7 nitrogen and oxygen atoms in total. The van der Waals surface area contributed by atoms with E-state index in [-0.39, 0.29) is 11.9 Å². The Hall–Kier alpha value is -3.53. The number of carbonyl (C=O) groups is 2. The lowest BCUT2D eigenvalue weighted by atomic mass is 10.2. The molecule has 1 fully saturated rings. The number of rotatable bonds is 5. The highest BCUT2D eigenvalue weighted by Gasteiger charge is 2.29. The Kier molecular flexibility index (Phi) is 5.04. The molecule has 0 aliphatic carbocycles. The van der Waals surface area contributed by atoms with Crippen molar-refractivity contribution in [2.24, 2.45) is 0 Å². The maximum absolute atomic E-state index is 12.3. The van der Waals surface area contributed by atoms with E-state index in [1.165, 1.54) is 4.90 Å². The number of urea groups is 1. The van der Waals surface area contributed by atoms with Gasteiger partial charge in [0.15, 0.2) is 0 Å². The summed E-state index contributed by atoms with van der Waals surface area (Å²) in [5.41, 5.74) is 1.18.